The molecule has 1 fully saturated rings. The number of piperidine rings is 1. The lowest BCUT2D eigenvalue weighted by Gasteiger charge is -2.32. The van der Waals surface area contributed by atoms with Crippen LogP contribution in [0.1, 0.15) is 84.0 Å². The maximum absolute atomic E-state index is 10.3. The van der Waals surface area contributed by atoms with E-state index in [9.17, 15) is 5.11 Å². The van der Waals surface area contributed by atoms with Gasteiger partial charge in [-0.1, -0.05) is 63.9 Å². The van der Waals surface area contributed by atoms with Crippen LogP contribution in [0, 0.1) is 11.8 Å². The first-order valence-electron chi connectivity index (χ1n) is 16.9. The zero-order chi connectivity index (χ0) is 34.3. The predicted molar refractivity (Wildman–Crippen MR) is 196 cm³/mol. The number of allylic oxidation sites excluding steroid dienone is 2. The summed E-state index contributed by atoms with van der Waals surface area (Å²) in [6.07, 6.45) is 14.2. The quantitative estimate of drug-likeness (QED) is 0.0860. The van der Waals surface area contributed by atoms with Crippen LogP contribution in [-0.4, -0.2) is 59.8 Å². The highest BCUT2D eigenvalue weighted by molar-refractivity contribution is 5.80. The van der Waals surface area contributed by atoms with E-state index in [1.807, 2.05) is 36.4 Å². The average Bonchev–Trinajstić information content (AvgIpc) is 3.55. The van der Waals surface area contributed by atoms with Gasteiger partial charge in [0.25, 0.3) is 0 Å². The molecule has 1 saturated heterocycles. The Morgan fingerprint density at radius 1 is 1.19 bits per heavy atom. The van der Waals surface area contributed by atoms with Crippen LogP contribution in [-0.2, 0) is 0 Å². The lowest BCUT2D eigenvalue weighted by molar-refractivity contribution is 0.337. The Bertz CT molecular complexity index is 1430. The summed E-state index contributed by atoms with van der Waals surface area (Å²) in [5, 5.41) is 14.7. The van der Waals surface area contributed by atoms with E-state index in [1.54, 1.807) is 30.5 Å². The topological polar surface area (TPSA) is 156 Å². The number of nitrogens with two attached hydrogens (primary N) is 3. The zero-order valence-electron chi connectivity index (χ0n) is 29.0. The molecule has 10 nitrogen and oxygen atoms in total. The molecule has 2 unspecified atom stereocenters. The summed E-state index contributed by atoms with van der Waals surface area (Å²) in [6.45, 7) is 17.5. The molecule has 1 aliphatic rings. The Morgan fingerprint density at radius 3 is 2.53 bits per heavy atom. The number of aromatic nitrogens is 1. The molecular formula is C37H56N8O2. The first kappa shape index (κ1) is 37.0. The molecule has 0 saturated carbocycles. The predicted octanol–water partition coefficient (Wildman–Crippen LogP) is 6.53. The van der Waals surface area contributed by atoms with Crippen LogP contribution in [0.25, 0.3) is 5.70 Å². The Hall–Kier alpha value is -4.47. The van der Waals surface area contributed by atoms with Crippen LogP contribution in [0.3, 0.4) is 0 Å². The fourth-order valence-corrected chi connectivity index (χ4v) is 5.64. The van der Waals surface area contributed by atoms with E-state index in [0.717, 1.165) is 62.3 Å². The van der Waals surface area contributed by atoms with Gasteiger partial charge in [-0.15, -0.1) is 6.58 Å². The summed E-state index contributed by atoms with van der Waals surface area (Å²) in [5.41, 5.74) is 21.4. The third-order valence-corrected chi connectivity index (χ3v) is 8.88. The van der Waals surface area contributed by atoms with Crippen molar-refractivity contribution in [3.05, 3.63) is 83.7 Å². The zero-order valence-corrected chi connectivity index (χ0v) is 29.0. The molecule has 0 amide bonds. The molecule has 10 heteroatoms. The number of unbranched alkanes of at least 4 members (excludes halogenated alkanes) is 1. The molecular weight excluding hydrogens is 588 g/mol. The molecule has 1 aliphatic heterocycles. The van der Waals surface area contributed by atoms with E-state index < -0.39 is 0 Å². The molecule has 0 radical (unpaired) electrons. The summed E-state index contributed by atoms with van der Waals surface area (Å²) in [7, 11) is 0. The highest BCUT2D eigenvalue weighted by atomic mass is 16.5. The number of hydrogen-bond donors (Lipinski definition) is 4. The first-order chi connectivity index (χ1) is 22.6. The molecule has 3 rings (SSSR count). The summed E-state index contributed by atoms with van der Waals surface area (Å²) >= 11 is 0. The minimum absolute atomic E-state index is 0.0328. The highest BCUT2D eigenvalue weighted by Gasteiger charge is 2.25. The molecule has 47 heavy (non-hydrogen) atoms. The Morgan fingerprint density at radius 2 is 1.91 bits per heavy atom. The number of benzene rings is 1. The Kier molecular flexibility index (Phi) is 14.7. The second-order valence-electron chi connectivity index (χ2n) is 12.6. The third-order valence-electron chi connectivity index (χ3n) is 8.88. The number of para-hydroxylation sites is 1. The van der Waals surface area contributed by atoms with Gasteiger partial charge in [-0.25, -0.2) is 0 Å². The van der Waals surface area contributed by atoms with Gasteiger partial charge in [0.2, 0.25) is 0 Å². The largest absolute Gasteiger partial charge is 0.507 e. The average molecular weight is 645 g/mol. The first-order valence-corrected chi connectivity index (χ1v) is 16.9. The van der Waals surface area contributed by atoms with Gasteiger partial charge in [0, 0.05) is 68.1 Å². The van der Waals surface area contributed by atoms with Crippen molar-refractivity contribution in [3.63, 3.8) is 0 Å². The van der Waals surface area contributed by atoms with E-state index >= 15 is 0 Å². The molecule has 0 aliphatic carbocycles. The monoisotopic (exact) mass is 644 g/mol. The molecule has 1 aromatic carbocycles. The van der Waals surface area contributed by atoms with Gasteiger partial charge in [0.05, 0.1) is 11.7 Å². The lowest BCUT2D eigenvalue weighted by atomic mass is 9.90. The number of phenols is 1. The van der Waals surface area contributed by atoms with Crippen LogP contribution in [0.15, 0.2) is 86.9 Å². The molecule has 0 bridgehead atoms. The van der Waals surface area contributed by atoms with Crippen LogP contribution in [0.5, 0.6) is 5.75 Å². The van der Waals surface area contributed by atoms with Crippen molar-refractivity contribution in [1.29, 1.82) is 0 Å². The summed E-state index contributed by atoms with van der Waals surface area (Å²) in [4.78, 5) is 14.0. The van der Waals surface area contributed by atoms with Crippen molar-refractivity contribution in [2.45, 2.75) is 78.7 Å². The van der Waals surface area contributed by atoms with Crippen molar-refractivity contribution >= 4 is 23.9 Å². The number of phenolic OH excluding ortho intramolecular Hbond substituents is 1. The fourth-order valence-electron chi connectivity index (χ4n) is 5.64. The standard InChI is InChI=1S/C37H56N8O2/c1-7-10-13-30(25-45(18-8-2)33(37(39)40)21-32(38)31-14-11-12-15-34(31)46)42-24-29(23-41-9-3)28-16-19-44(20-17-28)36-22-35(47-43-36)27(6)26(4)5/h8-9,11-12,14-15,21-24,26-28,30,46H,2,7,10,13,16-20,25,38-40H2,1,3-6H3/b29-23+,32-21-,41-9?,42-24?. The van der Waals surface area contributed by atoms with E-state index in [2.05, 4.69) is 55.4 Å². The second-order valence-corrected chi connectivity index (χ2v) is 12.6. The van der Waals surface area contributed by atoms with Gasteiger partial charge in [0.15, 0.2) is 5.82 Å². The van der Waals surface area contributed by atoms with Crippen LogP contribution >= 0.6 is 0 Å². The van der Waals surface area contributed by atoms with Crippen molar-refractivity contribution in [1.82, 2.24) is 10.1 Å². The van der Waals surface area contributed by atoms with Gasteiger partial charge in [-0.2, -0.15) is 0 Å². The normalized spacial score (nSPS) is 16.3. The molecule has 7 N–H and O–H groups in total. The smallest absolute Gasteiger partial charge is 0.172 e. The van der Waals surface area contributed by atoms with Crippen molar-refractivity contribution in [2.24, 2.45) is 39.0 Å². The van der Waals surface area contributed by atoms with Gasteiger partial charge < -0.3 is 36.6 Å². The van der Waals surface area contributed by atoms with Crippen molar-refractivity contribution in [3.8, 4) is 5.75 Å². The number of anilines is 1. The molecule has 256 valence electrons. The van der Waals surface area contributed by atoms with Gasteiger partial charge in [0.1, 0.15) is 17.3 Å². The lowest BCUT2D eigenvalue weighted by Crippen LogP contribution is -2.35. The van der Waals surface area contributed by atoms with Gasteiger partial charge in [-0.05, 0) is 61.8 Å². The number of rotatable bonds is 17. The summed E-state index contributed by atoms with van der Waals surface area (Å²) in [5.74, 6) is 3.22. The Balaban J connectivity index is 1.80. The number of aliphatic imine (C=N–C) groups is 2. The molecule has 0 spiro atoms. The van der Waals surface area contributed by atoms with Gasteiger partial charge >= 0.3 is 0 Å². The minimum Gasteiger partial charge on any atom is -0.507 e. The minimum atomic E-state index is -0.0328. The highest BCUT2D eigenvalue weighted by Crippen LogP contribution is 2.31. The van der Waals surface area contributed by atoms with Gasteiger partial charge in [-0.3, -0.25) is 9.98 Å². The van der Waals surface area contributed by atoms with E-state index in [1.165, 1.54) is 0 Å². The van der Waals surface area contributed by atoms with E-state index in [-0.39, 0.29) is 17.6 Å². The summed E-state index contributed by atoms with van der Waals surface area (Å²) in [6, 6.07) is 8.98. The number of nitrogens with zero attached hydrogens (tertiary/aromatic N) is 5. The maximum atomic E-state index is 10.3. The van der Waals surface area contributed by atoms with Crippen molar-refractivity contribution < 1.29 is 9.63 Å². The third kappa shape index (κ3) is 10.8. The SMILES string of the molecule is C=CCN(CC(CCCC)N=C/C(=C\N=CC)C1CCN(c2cc(C(C)C(C)C)on2)CC1)C(/C=C(\N)c1ccccc1O)=C(N)N. The summed E-state index contributed by atoms with van der Waals surface area (Å²) < 4.78 is 5.70. The van der Waals surface area contributed by atoms with Crippen LogP contribution in [0.2, 0.25) is 0 Å². The van der Waals surface area contributed by atoms with E-state index in [4.69, 9.17) is 26.7 Å². The fraction of sp³-hybridized carbons (Fsp3) is 0.486. The number of hydrogen-bond acceptors (Lipinski definition) is 10. The van der Waals surface area contributed by atoms with Crippen LogP contribution in [0.4, 0.5) is 5.82 Å². The van der Waals surface area contributed by atoms with Crippen molar-refractivity contribution in [2.75, 3.05) is 31.1 Å². The van der Waals surface area contributed by atoms with Crippen LogP contribution < -0.4 is 22.1 Å². The maximum Gasteiger partial charge on any atom is 0.172 e. The Labute approximate surface area is 281 Å². The van der Waals surface area contributed by atoms with E-state index in [0.29, 0.717) is 47.8 Å². The second kappa shape index (κ2) is 18.6. The molecule has 1 aromatic heterocycles. The molecule has 2 atom stereocenters. The number of aromatic hydroxyl groups is 1. The molecule has 2 aromatic rings. The molecule has 2 heterocycles.